The first-order chi connectivity index (χ1) is 12.1. The van der Waals surface area contributed by atoms with E-state index in [-0.39, 0.29) is 11.6 Å². The minimum Gasteiger partial charge on any atom is -0.497 e. The lowest BCUT2D eigenvalue weighted by molar-refractivity contribution is 0.102. The number of rotatable bonds is 5. The lowest BCUT2D eigenvalue weighted by Crippen LogP contribution is -2.14. The minimum absolute atomic E-state index is 0.172. The van der Waals surface area contributed by atoms with Crippen LogP contribution in [0.1, 0.15) is 10.5 Å². The first kappa shape index (κ1) is 16.4. The van der Waals surface area contributed by atoms with Crippen LogP contribution in [0.15, 0.2) is 60.7 Å². The first-order valence-corrected chi connectivity index (χ1v) is 7.46. The summed E-state index contributed by atoms with van der Waals surface area (Å²) in [7, 11) is 1.46. The van der Waals surface area contributed by atoms with Crippen molar-refractivity contribution in [2.75, 3.05) is 17.7 Å². The molecule has 0 aliphatic heterocycles. The van der Waals surface area contributed by atoms with Gasteiger partial charge in [0.1, 0.15) is 11.6 Å². The van der Waals surface area contributed by atoms with E-state index in [1.807, 2.05) is 18.2 Å². The number of ether oxygens (including phenoxy) is 1. The highest BCUT2D eigenvalue weighted by Crippen LogP contribution is 2.22. The average Bonchev–Trinajstić information content (AvgIpc) is 2.62. The summed E-state index contributed by atoms with van der Waals surface area (Å²) >= 11 is 0. The normalized spacial score (nSPS) is 10.2. The van der Waals surface area contributed by atoms with E-state index in [0.717, 1.165) is 0 Å². The molecule has 0 saturated carbocycles. The third-order valence-corrected chi connectivity index (χ3v) is 3.31. The maximum absolute atomic E-state index is 13.5. The predicted molar refractivity (Wildman–Crippen MR) is 92.7 cm³/mol. The van der Waals surface area contributed by atoms with E-state index in [2.05, 4.69) is 20.8 Å². The fourth-order valence-electron chi connectivity index (χ4n) is 2.14. The van der Waals surface area contributed by atoms with Gasteiger partial charge in [-0.15, -0.1) is 10.2 Å². The summed E-state index contributed by atoms with van der Waals surface area (Å²) in [5.41, 5.74) is 1.31. The maximum Gasteiger partial charge on any atom is 0.276 e. The molecule has 0 saturated heterocycles. The number of methoxy groups -OCH3 is 1. The average molecular weight is 338 g/mol. The van der Waals surface area contributed by atoms with E-state index in [0.29, 0.717) is 22.9 Å². The molecule has 2 N–H and O–H groups in total. The molecule has 0 fully saturated rings. The van der Waals surface area contributed by atoms with Crippen molar-refractivity contribution in [2.45, 2.75) is 0 Å². The van der Waals surface area contributed by atoms with E-state index in [9.17, 15) is 9.18 Å². The number of hydrogen-bond donors (Lipinski definition) is 2. The second-order valence-corrected chi connectivity index (χ2v) is 5.13. The molecule has 7 heteroatoms. The van der Waals surface area contributed by atoms with Crippen molar-refractivity contribution in [2.24, 2.45) is 0 Å². The summed E-state index contributed by atoms with van der Waals surface area (Å²) in [5.74, 6) is -0.0374. The number of halogens is 1. The molecule has 3 aromatic rings. The molecule has 0 atom stereocenters. The van der Waals surface area contributed by atoms with Gasteiger partial charge in [0.25, 0.3) is 5.91 Å². The molecule has 1 aromatic heterocycles. The van der Waals surface area contributed by atoms with Gasteiger partial charge in [0.2, 0.25) is 0 Å². The van der Waals surface area contributed by atoms with Gasteiger partial charge in [-0.2, -0.15) is 0 Å². The molecule has 0 aliphatic rings. The molecule has 6 nitrogen and oxygen atoms in total. The third-order valence-electron chi connectivity index (χ3n) is 3.31. The Bertz CT molecular complexity index is 870. The standard InChI is InChI=1S/C18H15FN4O2/c1-25-15-10-12(19)9-14(11-15)20-17-8-7-16(22-23-17)18(24)21-13-5-3-2-4-6-13/h2-11H,1H3,(H,20,23)(H,21,24). The van der Waals surface area contributed by atoms with Gasteiger partial charge in [-0.25, -0.2) is 4.39 Å². The number of carbonyl (C=O) groups is 1. The number of aromatic nitrogens is 2. The van der Waals surface area contributed by atoms with E-state index >= 15 is 0 Å². The first-order valence-electron chi connectivity index (χ1n) is 7.46. The number of para-hydroxylation sites is 1. The summed E-state index contributed by atoms with van der Waals surface area (Å²) in [5, 5.41) is 13.5. The second kappa shape index (κ2) is 7.39. The molecule has 3 rings (SSSR count). The minimum atomic E-state index is -0.436. The third kappa shape index (κ3) is 4.29. The number of hydrogen-bond acceptors (Lipinski definition) is 5. The lowest BCUT2D eigenvalue weighted by Gasteiger charge is -2.08. The largest absolute Gasteiger partial charge is 0.497 e. The van der Waals surface area contributed by atoms with Crippen LogP contribution in [-0.2, 0) is 0 Å². The fourth-order valence-corrected chi connectivity index (χ4v) is 2.14. The van der Waals surface area contributed by atoms with Crippen LogP contribution in [0, 0.1) is 5.82 Å². The number of nitrogens with one attached hydrogen (secondary N) is 2. The summed E-state index contributed by atoms with van der Waals surface area (Å²) < 4.78 is 18.5. The van der Waals surface area contributed by atoms with Crippen LogP contribution in [0.3, 0.4) is 0 Å². The molecule has 0 aliphatic carbocycles. The highest BCUT2D eigenvalue weighted by Gasteiger charge is 2.09. The number of amides is 1. The Labute approximate surface area is 143 Å². The molecule has 0 spiro atoms. The SMILES string of the molecule is COc1cc(F)cc(Nc2ccc(C(=O)Nc3ccccc3)nn2)c1. The second-order valence-electron chi connectivity index (χ2n) is 5.13. The van der Waals surface area contributed by atoms with Crippen molar-refractivity contribution < 1.29 is 13.9 Å². The summed E-state index contributed by atoms with van der Waals surface area (Å²) in [6, 6.07) is 16.4. The van der Waals surface area contributed by atoms with Crippen molar-refractivity contribution >= 4 is 23.1 Å². The maximum atomic E-state index is 13.5. The zero-order chi connectivity index (χ0) is 17.6. The van der Waals surface area contributed by atoms with Crippen molar-refractivity contribution in [1.82, 2.24) is 10.2 Å². The molecular weight excluding hydrogens is 323 g/mol. The molecule has 2 aromatic carbocycles. The van der Waals surface area contributed by atoms with Crippen molar-refractivity contribution in [3.05, 3.63) is 72.2 Å². The van der Waals surface area contributed by atoms with Gasteiger partial charge in [-0.1, -0.05) is 18.2 Å². The van der Waals surface area contributed by atoms with E-state index in [1.54, 1.807) is 24.3 Å². The van der Waals surface area contributed by atoms with Gasteiger partial charge >= 0.3 is 0 Å². The molecule has 1 heterocycles. The van der Waals surface area contributed by atoms with Crippen LogP contribution >= 0.6 is 0 Å². The summed E-state index contributed by atoms with van der Waals surface area (Å²) in [6.07, 6.45) is 0. The topological polar surface area (TPSA) is 76.1 Å². The number of anilines is 3. The zero-order valence-corrected chi connectivity index (χ0v) is 13.4. The van der Waals surface area contributed by atoms with Crippen LogP contribution in [0.5, 0.6) is 5.75 Å². The Morgan fingerprint density at radius 3 is 2.48 bits per heavy atom. The number of carbonyl (C=O) groups excluding carboxylic acids is 1. The Morgan fingerprint density at radius 2 is 1.80 bits per heavy atom. The lowest BCUT2D eigenvalue weighted by atomic mass is 10.2. The number of nitrogens with zero attached hydrogens (tertiary/aromatic N) is 2. The Kier molecular flexibility index (Phi) is 4.84. The molecule has 0 unspecified atom stereocenters. The van der Waals surface area contributed by atoms with Crippen molar-refractivity contribution in [3.63, 3.8) is 0 Å². The van der Waals surface area contributed by atoms with Crippen molar-refractivity contribution in [1.29, 1.82) is 0 Å². The van der Waals surface area contributed by atoms with Gasteiger partial charge in [0.15, 0.2) is 11.5 Å². The smallest absolute Gasteiger partial charge is 0.276 e. The van der Waals surface area contributed by atoms with Gasteiger partial charge in [-0.05, 0) is 30.3 Å². The molecule has 0 bridgehead atoms. The van der Waals surface area contributed by atoms with E-state index < -0.39 is 5.82 Å². The molecule has 126 valence electrons. The van der Waals surface area contributed by atoms with Crippen LogP contribution in [0.25, 0.3) is 0 Å². The Morgan fingerprint density at radius 1 is 1.00 bits per heavy atom. The summed E-state index contributed by atoms with van der Waals surface area (Å²) in [4.78, 5) is 12.1. The van der Waals surface area contributed by atoms with Crippen LogP contribution in [-0.4, -0.2) is 23.2 Å². The quantitative estimate of drug-likeness (QED) is 0.743. The van der Waals surface area contributed by atoms with E-state index in [4.69, 9.17) is 4.74 Å². The van der Waals surface area contributed by atoms with Gasteiger partial charge in [-0.3, -0.25) is 4.79 Å². The van der Waals surface area contributed by atoms with Crippen LogP contribution < -0.4 is 15.4 Å². The van der Waals surface area contributed by atoms with Gasteiger partial charge in [0, 0.05) is 23.5 Å². The molecular formula is C18H15FN4O2. The van der Waals surface area contributed by atoms with Crippen LogP contribution in [0.4, 0.5) is 21.6 Å². The van der Waals surface area contributed by atoms with Gasteiger partial charge < -0.3 is 15.4 Å². The predicted octanol–water partition coefficient (Wildman–Crippen LogP) is 3.62. The zero-order valence-electron chi connectivity index (χ0n) is 13.4. The Hall–Kier alpha value is -3.48. The number of benzene rings is 2. The van der Waals surface area contributed by atoms with E-state index in [1.165, 1.54) is 25.3 Å². The summed E-state index contributed by atoms with van der Waals surface area (Å²) in [6.45, 7) is 0. The van der Waals surface area contributed by atoms with Crippen LogP contribution in [0.2, 0.25) is 0 Å². The molecule has 25 heavy (non-hydrogen) atoms. The van der Waals surface area contributed by atoms with Crippen molar-refractivity contribution in [3.8, 4) is 5.75 Å². The molecule has 1 amide bonds. The Balaban J connectivity index is 1.70. The highest BCUT2D eigenvalue weighted by molar-refractivity contribution is 6.02. The van der Waals surface area contributed by atoms with Gasteiger partial charge in [0.05, 0.1) is 7.11 Å². The monoisotopic (exact) mass is 338 g/mol. The highest BCUT2D eigenvalue weighted by atomic mass is 19.1. The fraction of sp³-hybridized carbons (Fsp3) is 0.0556. The molecule has 0 radical (unpaired) electrons.